The van der Waals surface area contributed by atoms with Gasteiger partial charge in [-0.15, -0.1) is 0 Å². The summed E-state index contributed by atoms with van der Waals surface area (Å²) in [5.41, 5.74) is 5.26. The summed E-state index contributed by atoms with van der Waals surface area (Å²) < 4.78 is 0. The fraction of sp³-hybridized carbons (Fsp3) is 0.714. The first-order valence-electron chi connectivity index (χ1n) is 4.11. The normalized spacial score (nSPS) is 19.5. The van der Waals surface area contributed by atoms with E-state index in [0.29, 0.717) is 11.7 Å². The van der Waals surface area contributed by atoms with Gasteiger partial charge in [0.15, 0.2) is 5.82 Å². The van der Waals surface area contributed by atoms with Crippen molar-refractivity contribution in [2.24, 2.45) is 5.73 Å². The zero-order valence-corrected chi connectivity index (χ0v) is 6.70. The number of hydrogen-bond acceptors (Lipinski definition) is 4. The minimum atomic E-state index is -0.728. The molecule has 0 spiro atoms. The summed E-state index contributed by atoms with van der Waals surface area (Å²) in [5, 5.41) is 16.0. The van der Waals surface area contributed by atoms with Crippen molar-refractivity contribution in [1.29, 1.82) is 0 Å². The van der Waals surface area contributed by atoms with Gasteiger partial charge in [-0.25, -0.2) is 4.98 Å². The Hall–Kier alpha value is -0.940. The summed E-state index contributed by atoms with van der Waals surface area (Å²) >= 11 is 0. The van der Waals surface area contributed by atoms with Crippen LogP contribution < -0.4 is 5.73 Å². The van der Waals surface area contributed by atoms with E-state index in [2.05, 4.69) is 15.2 Å². The average molecular weight is 168 g/mol. The van der Waals surface area contributed by atoms with E-state index in [0.717, 1.165) is 5.82 Å². The average Bonchev–Trinajstić information content (AvgIpc) is 2.83. The van der Waals surface area contributed by atoms with Crippen LogP contribution in [0.15, 0.2) is 0 Å². The Morgan fingerprint density at radius 1 is 1.67 bits per heavy atom. The quantitative estimate of drug-likeness (QED) is 0.577. The summed E-state index contributed by atoms with van der Waals surface area (Å²) in [6.07, 6.45) is 1.62. The standard InChI is InChI=1S/C7H12N4O/c8-3-5(12)7-9-6(10-11-7)4-1-2-4/h4-5,12H,1-3,8H2,(H,9,10,11). The van der Waals surface area contributed by atoms with Gasteiger partial charge in [0, 0.05) is 12.5 Å². The Morgan fingerprint density at radius 3 is 3.00 bits per heavy atom. The van der Waals surface area contributed by atoms with Crippen molar-refractivity contribution in [2.45, 2.75) is 24.9 Å². The first kappa shape index (κ1) is 7.70. The van der Waals surface area contributed by atoms with Crippen LogP contribution >= 0.6 is 0 Å². The molecule has 0 radical (unpaired) electrons. The minimum absolute atomic E-state index is 0.169. The maximum absolute atomic E-state index is 9.27. The molecule has 5 nitrogen and oxygen atoms in total. The van der Waals surface area contributed by atoms with Crippen LogP contribution in [0.25, 0.3) is 0 Å². The molecule has 2 rings (SSSR count). The maximum Gasteiger partial charge on any atom is 0.180 e. The van der Waals surface area contributed by atoms with Crippen molar-refractivity contribution in [2.75, 3.05) is 6.54 Å². The summed E-state index contributed by atoms with van der Waals surface area (Å²) in [7, 11) is 0. The number of aliphatic hydroxyl groups is 1. The summed E-state index contributed by atoms with van der Waals surface area (Å²) in [4.78, 5) is 4.15. The van der Waals surface area contributed by atoms with Gasteiger partial charge in [-0.05, 0) is 12.8 Å². The molecule has 0 bridgehead atoms. The van der Waals surface area contributed by atoms with Crippen LogP contribution in [0.5, 0.6) is 0 Å². The Kier molecular flexibility index (Phi) is 1.82. The van der Waals surface area contributed by atoms with Crippen LogP contribution in [-0.2, 0) is 0 Å². The zero-order chi connectivity index (χ0) is 8.55. The van der Waals surface area contributed by atoms with Gasteiger partial charge in [-0.2, -0.15) is 5.10 Å². The van der Waals surface area contributed by atoms with Gasteiger partial charge in [0.05, 0.1) is 0 Å². The lowest BCUT2D eigenvalue weighted by molar-refractivity contribution is 0.177. The second kappa shape index (κ2) is 2.84. The smallest absolute Gasteiger partial charge is 0.180 e. The lowest BCUT2D eigenvalue weighted by atomic mass is 10.3. The molecule has 1 aliphatic rings. The van der Waals surface area contributed by atoms with Crippen LogP contribution in [0.3, 0.4) is 0 Å². The molecule has 4 N–H and O–H groups in total. The number of H-pyrrole nitrogens is 1. The van der Waals surface area contributed by atoms with Crippen LogP contribution in [0, 0.1) is 0 Å². The molecule has 1 saturated carbocycles. The second-order valence-corrected chi connectivity index (χ2v) is 3.10. The van der Waals surface area contributed by atoms with E-state index in [1.165, 1.54) is 12.8 Å². The van der Waals surface area contributed by atoms with E-state index < -0.39 is 6.10 Å². The Bertz CT molecular complexity index is 268. The van der Waals surface area contributed by atoms with E-state index >= 15 is 0 Å². The van der Waals surface area contributed by atoms with Crippen LogP contribution in [-0.4, -0.2) is 26.8 Å². The van der Waals surface area contributed by atoms with Gasteiger partial charge in [-0.1, -0.05) is 0 Å². The molecule has 1 aromatic heterocycles. The highest BCUT2D eigenvalue weighted by Gasteiger charge is 2.27. The van der Waals surface area contributed by atoms with Crippen LogP contribution in [0.4, 0.5) is 0 Å². The summed E-state index contributed by atoms with van der Waals surface area (Å²) in [6, 6.07) is 0. The van der Waals surface area contributed by atoms with E-state index in [4.69, 9.17) is 5.73 Å². The number of hydrogen-bond donors (Lipinski definition) is 3. The van der Waals surface area contributed by atoms with Gasteiger partial charge in [0.2, 0.25) is 0 Å². The van der Waals surface area contributed by atoms with Gasteiger partial charge >= 0.3 is 0 Å². The molecular weight excluding hydrogens is 156 g/mol. The third-order valence-corrected chi connectivity index (χ3v) is 2.01. The largest absolute Gasteiger partial charge is 0.384 e. The lowest BCUT2D eigenvalue weighted by Crippen LogP contribution is -2.12. The molecule has 5 heteroatoms. The molecule has 1 fully saturated rings. The second-order valence-electron chi connectivity index (χ2n) is 3.10. The molecule has 1 heterocycles. The number of aromatic amines is 1. The highest BCUT2D eigenvalue weighted by atomic mass is 16.3. The molecule has 0 aliphatic heterocycles. The summed E-state index contributed by atoms with van der Waals surface area (Å²) in [5.74, 6) is 1.84. The van der Waals surface area contributed by atoms with E-state index in [9.17, 15) is 5.11 Å². The van der Waals surface area contributed by atoms with Crippen molar-refractivity contribution in [3.05, 3.63) is 11.6 Å². The predicted molar refractivity (Wildman–Crippen MR) is 42.4 cm³/mol. The highest BCUT2D eigenvalue weighted by Crippen LogP contribution is 2.37. The Labute approximate surface area is 70.0 Å². The third kappa shape index (κ3) is 1.33. The Morgan fingerprint density at radius 2 is 2.42 bits per heavy atom. The van der Waals surface area contributed by atoms with Crippen molar-refractivity contribution >= 4 is 0 Å². The lowest BCUT2D eigenvalue weighted by Gasteiger charge is -1.99. The van der Waals surface area contributed by atoms with Gasteiger partial charge in [0.1, 0.15) is 11.9 Å². The molecule has 1 unspecified atom stereocenters. The van der Waals surface area contributed by atoms with Gasteiger partial charge in [-0.3, -0.25) is 5.10 Å². The number of aliphatic hydroxyl groups excluding tert-OH is 1. The number of nitrogens with zero attached hydrogens (tertiary/aromatic N) is 2. The first-order chi connectivity index (χ1) is 5.81. The number of nitrogens with two attached hydrogens (primary N) is 1. The minimum Gasteiger partial charge on any atom is -0.384 e. The molecule has 12 heavy (non-hydrogen) atoms. The van der Waals surface area contributed by atoms with E-state index in [1.807, 2.05) is 0 Å². The molecule has 0 aromatic carbocycles. The van der Waals surface area contributed by atoms with E-state index in [1.54, 1.807) is 0 Å². The van der Waals surface area contributed by atoms with Crippen LogP contribution in [0.1, 0.15) is 36.5 Å². The molecule has 0 amide bonds. The fourth-order valence-corrected chi connectivity index (χ4v) is 1.08. The fourth-order valence-electron chi connectivity index (χ4n) is 1.08. The van der Waals surface area contributed by atoms with Crippen molar-refractivity contribution in [3.63, 3.8) is 0 Å². The highest BCUT2D eigenvalue weighted by molar-refractivity contribution is 5.06. The third-order valence-electron chi connectivity index (χ3n) is 2.01. The SMILES string of the molecule is NCC(O)c1n[nH]c(C2CC2)n1. The predicted octanol–water partition coefficient (Wildman–Crippen LogP) is -0.326. The number of nitrogens with one attached hydrogen (secondary N) is 1. The van der Waals surface area contributed by atoms with E-state index in [-0.39, 0.29) is 6.54 Å². The van der Waals surface area contributed by atoms with Crippen molar-refractivity contribution in [3.8, 4) is 0 Å². The topological polar surface area (TPSA) is 87.8 Å². The molecule has 1 aliphatic carbocycles. The van der Waals surface area contributed by atoms with Crippen molar-refractivity contribution in [1.82, 2.24) is 15.2 Å². The van der Waals surface area contributed by atoms with Gasteiger partial charge < -0.3 is 10.8 Å². The van der Waals surface area contributed by atoms with Gasteiger partial charge in [0.25, 0.3) is 0 Å². The molecular formula is C7H12N4O. The first-order valence-corrected chi connectivity index (χ1v) is 4.11. The number of rotatable bonds is 3. The molecule has 1 atom stereocenters. The summed E-state index contributed by atoms with van der Waals surface area (Å²) in [6.45, 7) is 0.169. The number of aromatic nitrogens is 3. The van der Waals surface area contributed by atoms with Crippen LogP contribution in [0.2, 0.25) is 0 Å². The van der Waals surface area contributed by atoms with Crippen molar-refractivity contribution < 1.29 is 5.11 Å². The molecule has 66 valence electrons. The monoisotopic (exact) mass is 168 g/mol. The maximum atomic E-state index is 9.27. The molecule has 0 saturated heterocycles. The molecule has 1 aromatic rings. The zero-order valence-electron chi connectivity index (χ0n) is 6.70. The Balaban J connectivity index is 2.12.